The molecule has 33 heavy (non-hydrogen) atoms. The van der Waals surface area contributed by atoms with Crippen molar-refractivity contribution in [3.63, 3.8) is 0 Å². The van der Waals surface area contributed by atoms with E-state index in [1.54, 1.807) is 19.2 Å². The maximum atomic E-state index is 12.3. The molecule has 0 aromatic carbocycles. The van der Waals surface area contributed by atoms with E-state index in [0.29, 0.717) is 25.3 Å². The summed E-state index contributed by atoms with van der Waals surface area (Å²) in [5, 5.41) is 0. The number of hydrogen-bond donors (Lipinski definition) is 0. The highest BCUT2D eigenvalue weighted by Gasteiger charge is 2.49. The molecule has 0 bridgehead atoms. The SMILES string of the molecule is COC(=O)c1ccc(OC)nc1C#CC1CCC(C(=O)OC)C[N+]1(C)C(OC)OC(C)(C)C. The summed E-state index contributed by atoms with van der Waals surface area (Å²) in [4.78, 5) is 28.9. The number of ether oxygens (including phenoxy) is 5. The molecule has 1 aliphatic rings. The zero-order valence-electron chi connectivity index (χ0n) is 20.8. The second kappa shape index (κ2) is 11.0. The highest BCUT2D eigenvalue weighted by Crippen LogP contribution is 2.33. The molecule has 0 spiro atoms. The molecule has 2 rings (SSSR count). The number of pyridine rings is 1. The van der Waals surface area contributed by atoms with Gasteiger partial charge in [0.25, 0.3) is 0 Å². The number of likely N-dealkylation sites (tertiary alicyclic amines) is 1. The summed E-state index contributed by atoms with van der Waals surface area (Å²) in [6.45, 7) is 6.25. The van der Waals surface area contributed by atoms with Gasteiger partial charge in [-0.05, 0) is 45.1 Å². The van der Waals surface area contributed by atoms with E-state index in [-0.39, 0.29) is 33.7 Å². The van der Waals surface area contributed by atoms with Crippen LogP contribution in [0.4, 0.5) is 0 Å². The Morgan fingerprint density at radius 1 is 1.12 bits per heavy atom. The van der Waals surface area contributed by atoms with Gasteiger partial charge in [0.05, 0.1) is 46.1 Å². The van der Waals surface area contributed by atoms with Crippen molar-refractivity contribution >= 4 is 11.9 Å². The Morgan fingerprint density at radius 2 is 1.82 bits per heavy atom. The van der Waals surface area contributed by atoms with Crippen LogP contribution in [0, 0.1) is 17.8 Å². The average molecular weight is 464 g/mol. The highest BCUT2D eigenvalue weighted by molar-refractivity contribution is 5.91. The third-order valence-corrected chi connectivity index (χ3v) is 5.63. The standard InChI is InChI=1S/C24H35N2O7/c1-24(2,3)33-23(32-8)26(4)15-16(21(27)30-6)9-10-17(26)11-13-19-18(22(28)31-7)12-14-20(25-19)29-5/h12,14,16-17,23H,9-10,15H2,1-8H3/q+1. The first-order chi connectivity index (χ1) is 15.5. The minimum Gasteiger partial charge on any atom is -0.481 e. The van der Waals surface area contributed by atoms with Crippen LogP contribution in [-0.2, 0) is 23.7 Å². The normalized spacial score (nSPS) is 23.6. The Labute approximate surface area is 195 Å². The number of esters is 2. The van der Waals surface area contributed by atoms with E-state index in [1.807, 2.05) is 27.8 Å². The van der Waals surface area contributed by atoms with Gasteiger partial charge in [-0.25, -0.2) is 9.78 Å². The van der Waals surface area contributed by atoms with Crippen LogP contribution in [0.3, 0.4) is 0 Å². The quantitative estimate of drug-likeness (QED) is 0.275. The molecule has 1 aliphatic heterocycles. The lowest BCUT2D eigenvalue weighted by molar-refractivity contribution is -0.999. The van der Waals surface area contributed by atoms with Crippen LogP contribution in [-0.4, -0.2) is 81.5 Å². The second-order valence-electron chi connectivity index (χ2n) is 9.13. The number of piperidine rings is 1. The predicted molar refractivity (Wildman–Crippen MR) is 120 cm³/mol. The topological polar surface area (TPSA) is 93.2 Å². The first kappa shape index (κ1) is 26.6. The number of methoxy groups -OCH3 is 4. The smallest absolute Gasteiger partial charge is 0.340 e. The lowest BCUT2D eigenvalue weighted by Gasteiger charge is -2.48. The zero-order valence-corrected chi connectivity index (χ0v) is 20.8. The summed E-state index contributed by atoms with van der Waals surface area (Å²) < 4.78 is 27.2. The number of rotatable bonds is 6. The van der Waals surface area contributed by atoms with Crippen molar-refractivity contribution in [2.75, 3.05) is 42.0 Å². The van der Waals surface area contributed by atoms with Crippen molar-refractivity contribution in [2.24, 2.45) is 5.92 Å². The predicted octanol–water partition coefficient (Wildman–Crippen LogP) is 2.37. The molecule has 0 saturated carbocycles. The van der Waals surface area contributed by atoms with Crippen LogP contribution in [0.15, 0.2) is 12.1 Å². The van der Waals surface area contributed by atoms with Crippen molar-refractivity contribution in [1.82, 2.24) is 4.98 Å². The third kappa shape index (κ3) is 6.44. The van der Waals surface area contributed by atoms with Crippen LogP contribution in [0.1, 0.15) is 49.7 Å². The third-order valence-electron chi connectivity index (χ3n) is 5.63. The summed E-state index contributed by atoms with van der Waals surface area (Å²) >= 11 is 0. The molecule has 9 nitrogen and oxygen atoms in total. The molecule has 1 fully saturated rings. The van der Waals surface area contributed by atoms with Crippen molar-refractivity contribution in [3.8, 4) is 17.7 Å². The first-order valence-corrected chi connectivity index (χ1v) is 10.8. The minimum absolute atomic E-state index is 0.220. The molecule has 0 amide bonds. The van der Waals surface area contributed by atoms with Gasteiger partial charge in [0.2, 0.25) is 5.88 Å². The van der Waals surface area contributed by atoms with Gasteiger partial charge in [-0.3, -0.25) is 14.0 Å². The van der Waals surface area contributed by atoms with E-state index in [4.69, 9.17) is 23.7 Å². The fourth-order valence-corrected chi connectivity index (χ4v) is 3.95. The fourth-order valence-electron chi connectivity index (χ4n) is 3.95. The Morgan fingerprint density at radius 3 is 2.36 bits per heavy atom. The Bertz CT molecular complexity index is 916. The number of carbonyl (C=O) groups is 2. The van der Waals surface area contributed by atoms with Crippen molar-refractivity contribution in [3.05, 3.63) is 23.4 Å². The molecule has 2 heterocycles. The van der Waals surface area contributed by atoms with Gasteiger partial charge in [-0.1, -0.05) is 0 Å². The molecular weight excluding hydrogens is 428 g/mol. The van der Waals surface area contributed by atoms with Gasteiger partial charge in [0, 0.05) is 19.6 Å². The molecule has 182 valence electrons. The van der Waals surface area contributed by atoms with E-state index in [2.05, 4.69) is 16.8 Å². The number of carbonyl (C=O) groups excluding carboxylic acids is 2. The zero-order chi connectivity index (χ0) is 24.8. The van der Waals surface area contributed by atoms with E-state index in [9.17, 15) is 9.59 Å². The fraction of sp³-hybridized carbons (Fsp3) is 0.625. The molecule has 0 aliphatic carbocycles. The largest absolute Gasteiger partial charge is 0.481 e. The Kier molecular flexibility index (Phi) is 8.83. The van der Waals surface area contributed by atoms with Gasteiger partial charge in [0.15, 0.2) is 6.04 Å². The maximum Gasteiger partial charge on any atom is 0.340 e. The van der Waals surface area contributed by atoms with E-state index in [0.717, 1.165) is 0 Å². The molecule has 1 aromatic heterocycles. The van der Waals surface area contributed by atoms with Gasteiger partial charge in [0.1, 0.15) is 11.6 Å². The van der Waals surface area contributed by atoms with Crippen molar-refractivity contribution in [2.45, 2.75) is 51.7 Å². The lowest BCUT2D eigenvalue weighted by Crippen LogP contribution is -2.65. The molecule has 4 atom stereocenters. The summed E-state index contributed by atoms with van der Waals surface area (Å²) in [5.41, 5.74) is 0.0240. The number of quaternary nitrogens is 1. The molecule has 4 unspecified atom stereocenters. The van der Waals surface area contributed by atoms with Gasteiger partial charge in [-0.2, -0.15) is 0 Å². The van der Waals surface area contributed by atoms with Crippen LogP contribution in [0.25, 0.3) is 0 Å². The molecule has 9 heteroatoms. The van der Waals surface area contributed by atoms with Crippen LogP contribution >= 0.6 is 0 Å². The monoisotopic (exact) mass is 463 g/mol. The van der Waals surface area contributed by atoms with Crippen LogP contribution < -0.4 is 4.74 Å². The number of nitrogens with zero attached hydrogens (tertiary/aromatic N) is 2. The van der Waals surface area contributed by atoms with Crippen LogP contribution in [0.2, 0.25) is 0 Å². The van der Waals surface area contributed by atoms with Gasteiger partial charge < -0.3 is 18.9 Å². The second-order valence-corrected chi connectivity index (χ2v) is 9.13. The molecular formula is C24H35N2O7+. The Hall–Kier alpha value is -2.67. The van der Waals surface area contributed by atoms with Crippen molar-refractivity contribution in [1.29, 1.82) is 0 Å². The van der Waals surface area contributed by atoms with Gasteiger partial charge in [-0.15, -0.1) is 0 Å². The molecule has 1 aromatic rings. The summed E-state index contributed by atoms with van der Waals surface area (Å²) in [5.74, 6) is 5.54. The lowest BCUT2D eigenvalue weighted by atomic mass is 9.90. The number of hydrogen-bond acceptors (Lipinski definition) is 8. The first-order valence-electron chi connectivity index (χ1n) is 10.8. The molecule has 0 N–H and O–H groups in total. The number of aromatic nitrogens is 1. The maximum absolute atomic E-state index is 12.3. The molecule has 0 radical (unpaired) electrons. The highest BCUT2D eigenvalue weighted by atomic mass is 16.7. The summed E-state index contributed by atoms with van der Waals surface area (Å²) in [6, 6.07) is 2.90. The Balaban J connectivity index is 2.51. The van der Waals surface area contributed by atoms with Crippen LogP contribution in [0.5, 0.6) is 5.88 Å². The van der Waals surface area contributed by atoms with Gasteiger partial charge >= 0.3 is 18.4 Å². The summed E-state index contributed by atoms with van der Waals surface area (Å²) in [6.07, 6.45) is 0.546. The molecule has 1 saturated heterocycles. The van der Waals surface area contributed by atoms with E-state index < -0.39 is 18.0 Å². The minimum atomic E-state index is -0.671. The van der Waals surface area contributed by atoms with E-state index >= 15 is 0 Å². The van der Waals surface area contributed by atoms with Crippen molar-refractivity contribution < 1.29 is 37.8 Å². The van der Waals surface area contributed by atoms with E-state index in [1.165, 1.54) is 21.3 Å². The summed E-state index contributed by atoms with van der Waals surface area (Å²) in [7, 11) is 7.71. The average Bonchev–Trinajstić information content (AvgIpc) is 2.79.